The van der Waals surface area contributed by atoms with Gasteiger partial charge in [0, 0.05) is 31.7 Å². The molecule has 2 aromatic heterocycles. The predicted octanol–water partition coefficient (Wildman–Crippen LogP) is 2.72. The SMILES string of the molecule is Cc1cccc(CNc2nccc(C(=O)NCc3cccnc3)n2)c1. The quantitative estimate of drug-likeness (QED) is 0.725. The van der Waals surface area contributed by atoms with E-state index in [1.807, 2.05) is 37.3 Å². The summed E-state index contributed by atoms with van der Waals surface area (Å²) in [5.74, 6) is 0.181. The number of carbonyl (C=O) groups is 1. The maximum absolute atomic E-state index is 12.2. The van der Waals surface area contributed by atoms with Crippen molar-refractivity contribution >= 4 is 11.9 Å². The summed E-state index contributed by atoms with van der Waals surface area (Å²) in [5.41, 5.74) is 3.59. The first kappa shape index (κ1) is 16.6. The summed E-state index contributed by atoms with van der Waals surface area (Å²) in [7, 11) is 0. The molecule has 3 rings (SSSR count). The summed E-state index contributed by atoms with van der Waals surface area (Å²) in [4.78, 5) is 24.7. The summed E-state index contributed by atoms with van der Waals surface area (Å²) in [6.45, 7) is 3.05. The van der Waals surface area contributed by atoms with Crippen LogP contribution in [0.1, 0.15) is 27.2 Å². The van der Waals surface area contributed by atoms with Gasteiger partial charge in [-0.1, -0.05) is 35.9 Å². The molecule has 0 radical (unpaired) electrons. The van der Waals surface area contributed by atoms with Gasteiger partial charge in [-0.2, -0.15) is 0 Å². The number of aromatic nitrogens is 3. The van der Waals surface area contributed by atoms with E-state index >= 15 is 0 Å². The van der Waals surface area contributed by atoms with E-state index in [9.17, 15) is 4.79 Å². The van der Waals surface area contributed by atoms with Crippen molar-refractivity contribution in [3.63, 3.8) is 0 Å². The van der Waals surface area contributed by atoms with Gasteiger partial charge in [-0.05, 0) is 30.2 Å². The first-order chi connectivity index (χ1) is 12.2. The molecule has 126 valence electrons. The summed E-state index contributed by atoms with van der Waals surface area (Å²) in [6.07, 6.45) is 4.99. The Morgan fingerprint density at radius 1 is 1.04 bits per heavy atom. The van der Waals surface area contributed by atoms with Crippen LogP contribution in [0.5, 0.6) is 0 Å². The Balaban J connectivity index is 1.59. The molecule has 0 saturated carbocycles. The van der Waals surface area contributed by atoms with Crippen LogP contribution in [0.4, 0.5) is 5.95 Å². The summed E-state index contributed by atoms with van der Waals surface area (Å²) in [5, 5.41) is 5.97. The van der Waals surface area contributed by atoms with Crippen LogP contribution < -0.4 is 10.6 Å². The Morgan fingerprint density at radius 3 is 2.72 bits per heavy atom. The number of nitrogens with zero attached hydrogens (tertiary/aromatic N) is 3. The topological polar surface area (TPSA) is 79.8 Å². The van der Waals surface area contributed by atoms with Gasteiger partial charge in [-0.3, -0.25) is 9.78 Å². The molecule has 0 saturated heterocycles. The maximum Gasteiger partial charge on any atom is 0.270 e. The third-order valence-electron chi connectivity index (χ3n) is 3.60. The Morgan fingerprint density at radius 2 is 1.92 bits per heavy atom. The number of benzene rings is 1. The highest BCUT2D eigenvalue weighted by molar-refractivity contribution is 5.92. The Hall–Kier alpha value is -3.28. The second kappa shape index (κ2) is 8.01. The molecule has 25 heavy (non-hydrogen) atoms. The Bertz CT molecular complexity index is 851. The Labute approximate surface area is 146 Å². The molecule has 0 spiro atoms. The van der Waals surface area contributed by atoms with Crippen molar-refractivity contribution in [2.75, 3.05) is 5.32 Å². The minimum atomic E-state index is -0.246. The fraction of sp³-hybridized carbons (Fsp3) is 0.158. The maximum atomic E-state index is 12.2. The zero-order valence-electron chi connectivity index (χ0n) is 13.9. The van der Waals surface area contributed by atoms with Gasteiger partial charge in [-0.15, -0.1) is 0 Å². The van der Waals surface area contributed by atoms with Gasteiger partial charge in [-0.25, -0.2) is 9.97 Å². The van der Waals surface area contributed by atoms with Crippen LogP contribution in [0.3, 0.4) is 0 Å². The molecule has 0 aliphatic heterocycles. The van der Waals surface area contributed by atoms with Gasteiger partial charge in [0.1, 0.15) is 5.69 Å². The minimum absolute atomic E-state index is 0.246. The molecule has 0 aliphatic carbocycles. The molecular formula is C19H19N5O. The molecule has 0 bridgehead atoms. The van der Waals surface area contributed by atoms with Crippen molar-refractivity contribution < 1.29 is 4.79 Å². The van der Waals surface area contributed by atoms with Gasteiger partial charge in [0.15, 0.2) is 0 Å². The fourth-order valence-electron chi connectivity index (χ4n) is 2.35. The van der Waals surface area contributed by atoms with Crippen LogP contribution in [0, 0.1) is 6.92 Å². The normalized spacial score (nSPS) is 10.3. The van der Waals surface area contributed by atoms with Gasteiger partial charge in [0.05, 0.1) is 0 Å². The number of anilines is 1. The molecule has 0 atom stereocenters. The average molecular weight is 333 g/mol. The van der Waals surface area contributed by atoms with E-state index in [1.165, 1.54) is 5.56 Å². The number of nitrogens with one attached hydrogen (secondary N) is 2. The van der Waals surface area contributed by atoms with Crippen LogP contribution in [0.2, 0.25) is 0 Å². The van der Waals surface area contributed by atoms with Crippen LogP contribution in [0.25, 0.3) is 0 Å². The number of hydrogen-bond donors (Lipinski definition) is 2. The molecule has 1 amide bonds. The zero-order chi connectivity index (χ0) is 17.5. The van der Waals surface area contributed by atoms with Crippen LogP contribution in [0.15, 0.2) is 61.1 Å². The number of hydrogen-bond acceptors (Lipinski definition) is 5. The van der Waals surface area contributed by atoms with E-state index in [-0.39, 0.29) is 5.91 Å². The van der Waals surface area contributed by atoms with Gasteiger partial charge in [0.25, 0.3) is 5.91 Å². The first-order valence-electron chi connectivity index (χ1n) is 8.00. The monoisotopic (exact) mass is 333 g/mol. The highest BCUT2D eigenvalue weighted by atomic mass is 16.1. The van der Waals surface area contributed by atoms with Gasteiger partial charge < -0.3 is 10.6 Å². The number of rotatable bonds is 6. The molecule has 3 aromatic rings. The third-order valence-corrected chi connectivity index (χ3v) is 3.60. The molecule has 2 heterocycles. The lowest BCUT2D eigenvalue weighted by Crippen LogP contribution is -2.24. The molecule has 0 unspecified atom stereocenters. The Kier molecular flexibility index (Phi) is 5.31. The summed E-state index contributed by atoms with van der Waals surface area (Å²) < 4.78 is 0. The van der Waals surface area contributed by atoms with E-state index in [1.54, 1.807) is 24.7 Å². The molecule has 1 aromatic carbocycles. The summed E-state index contributed by atoms with van der Waals surface area (Å²) >= 11 is 0. The zero-order valence-corrected chi connectivity index (χ0v) is 13.9. The first-order valence-corrected chi connectivity index (χ1v) is 8.00. The van der Waals surface area contributed by atoms with Crippen LogP contribution in [-0.4, -0.2) is 20.9 Å². The third kappa shape index (κ3) is 4.84. The van der Waals surface area contributed by atoms with E-state index in [4.69, 9.17) is 0 Å². The number of amides is 1. The highest BCUT2D eigenvalue weighted by Gasteiger charge is 2.08. The molecule has 6 nitrogen and oxygen atoms in total. The second-order valence-corrected chi connectivity index (χ2v) is 5.65. The molecular weight excluding hydrogens is 314 g/mol. The van der Waals surface area contributed by atoms with Crippen LogP contribution >= 0.6 is 0 Å². The van der Waals surface area contributed by atoms with E-state index < -0.39 is 0 Å². The molecule has 0 aliphatic rings. The summed E-state index contributed by atoms with van der Waals surface area (Å²) in [6, 6.07) is 13.5. The van der Waals surface area contributed by atoms with Crippen molar-refractivity contribution in [1.82, 2.24) is 20.3 Å². The molecule has 6 heteroatoms. The lowest BCUT2D eigenvalue weighted by molar-refractivity contribution is 0.0946. The minimum Gasteiger partial charge on any atom is -0.350 e. The average Bonchev–Trinajstić information content (AvgIpc) is 2.65. The second-order valence-electron chi connectivity index (χ2n) is 5.65. The highest BCUT2D eigenvalue weighted by Crippen LogP contribution is 2.07. The predicted molar refractivity (Wildman–Crippen MR) is 95.9 cm³/mol. The number of pyridine rings is 1. The van der Waals surface area contributed by atoms with E-state index in [2.05, 4.69) is 31.7 Å². The number of carbonyl (C=O) groups excluding carboxylic acids is 1. The fourth-order valence-corrected chi connectivity index (χ4v) is 2.35. The van der Waals surface area contributed by atoms with Crippen LogP contribution in [-0.2, 0) is 13.1 Å². The smallest absolute Gasteiger partial charge is 0.270 e. The van der Waals surface area contributed by atoms with Crippen molar-refractivity contribution in [2.45, 2.75) is 20.0 Å². The van der Waals surface area contributed by atoms with Crippen molar-refractivity contribution in [1.29, 1.82) is 0 Å². The molecule has 0 fully saturated rings. The van der Waals surface area contributed by atoms with E-state index in [0.29, 0.717) is 24.7 Å². The van der Waals surface area contributed by atoms with Gasteiger partial charge >= 0.3 is 0 Å². The van der Waals surface area contributed by atoms with E-state index in [0.717, 1.165) is 11.1 Å². The number of aryl methyl sites for hydroxylation is 1. The van der Waals surface area contributed by atoms with Gasteiger partial charge in [0.2, 0.25) is 5.95 Å². The lowest BCUT2D eigenvalue weighted by atomic mass is 10.1. The molecule has 2 N–H and O–H groups in total. The van der Waals surface area contributed by atoms with Crippen molar-refractivity contribution in [3.05, 3.63) is 83.4 Å². The standard InChI is InChI=1S/C19H19N5O/c1-14-4-2-5-15(10-14)12-23-19-21-9-7-17(24-19)18(25)22-13-16-6-3-8-20-11-16/h2-11H,12-13H2,1H3,(H,22,25)(H,21,23,24). The van der Waals surface area contributed by atoms with Crippen molar-refractivity contribution in [3.8, 4) is 0 Å². The lowest BCUT2D eigenvalue weighted by Gasteiger charge is -2.08. The van der Waals surface area contributed by atoms with Crippen molar-refractivity contribution in [2.24, 2.45) is 0 Å². The largest absolute Gasteiger partial charge is 0.350 e.